The summed E-state index contributed by atoms with van der Waals surface area (Å²) in [6, 6.07) is 0. The van der Waals surface area contributed by atoms with Crippen molar-refractivity contribution in [2.45, 2.75) is 13.8 Å². The zero-order valence-electron chi connectivity index (χ0n) is 10.5. The lowest BCUT2D eigenvalue weighted by Crippen LogP contribution is -2.06. The monoisotopic (exact) mass is 258 g/mol. The van der Waals surface area contributed by atoms with Gasteiger partial charge in [0.2, 0.25) is 0 Å². The molecule has 18 heavy (non-hydrogen) atoms. The normalized spacial score (nSPS) is 11.6. The average Bonchev–Trinajstić information content (AvgIpc) is 2.39. The van der Waals surface area contributed by atoms with Crippen LogP contribution in [0, 0.1) is 0 Å². The summed E-state index contributed by atoms with van der Waals surface area (Å²) in [5.74, 6) is -1.27. The first-order valence-electron chi connectivity index (χ1n) is 4.79. The maximum atomic E-state index is 11.0. The number of ether oxygens (including phenoxy) is 4. The van der Waals surface area contributed by atoms with E-state index in [1.165, 1.54) is 28.1 Å². The number of esters is 2. The van der Waals surface area contributed by atoms with E-state index in [0.717, 1.165) is 12.5 Å². The standard InChI is InChI=1S/C11H14O7/c1-7(9(12)15-3)5-17-11(14)18-6-8(2)10(13)16-4/h5-6H,1-4H3. The van der Waals surface area contributed by atoms with E-state index in [9.17, 15) is 14.4 Å². The predicted molar refractivity (Wildman–Crippen MR) is 59.1 cm³/mol. The molecule has 0 unspecified atom stereocenters. The first-order chi connectivity index (χ1) is 8.42. The van der Waals surface area contributed by atoms with Crippen molar-refractivity contribution in [3.05, 3.63) is 23.7 Å². The van der Waals surface area contributed by atoms with E-state index in [-0.39, 0.29) is 11.1 Å². The zero-order chi connectivity index (χ0) is 14.1. The summed E-state index contributed by atoms with van der Waals surface area (Å²) in [7, 11) is 2.39. The molecular formula is C11H14O7. The quantitative estimate of drug-likeness (QED) is 0.325. The third-order valence-corrected chi connectivity index (χ3v) is 1.68. The minimum absolute atomic E-state index is 0.0862. The highest BCUT2D eigenvalue weighted by molar-refractivity contribution is 5.88. The molecule has 0 aromatic rings. The van der Waals surface area contributed by atoms with Crippen molar-refractivity contribution in [2.24, 2.45) is 0 Å². The Kier molecular flexibility index (Phi) is 6.87. The highest BCUT2D eigenvalue weighted by atomic mass is 16.7. The van der Waals surface area contributed by atoms with Gasteiger partial charge in [-0.15, -0.1) is 0 Å². The first-order valence-corrected chi connectivity index (χ1v) is 4.79. The molecule has 0 saturated carbocycles. The SMILES string of the molecule is COC(=O)C(C)=COC(=O)OC=C(C)C(=O)OC. The topological polar surface area (TPSA) is 88.1 Å². The Balaban J connectivity index is 4.30. The third-order valence-electron chi connectivity index (χ3n) is 1.68. The Morgan fingerprint density at radius 2 is 1.11 bits per heavy atom. The van der Waals surface area contributed by atoms with Crippen LogP contribution >= 0.6 is 0 Å². The van der Waals surface area contributed by atoms with Crippen LogP contribution in [0.15, 0.2) is 23.7 Å². The van der Waals surface area contributed by atoms with Gasteiger partial charge in [-0.05, 0) is 13.8 Å². The molecule has 0 amide bonds. The van der Waals surface area contributed by atoms with Gasteiger partial charge in [0.1, 0.15) is 12.5 Å². The van der Waals surface area contributed by atoms with Crippen molar-refractivity contribution in [3.8, 4) is 0 Å². The van der Waals surface area contributed by atoms with Crippen LogP contribution in [-0.4, -0.2) is 32.3 Å². The molecule has 7 nitrogen and oxygen atoms in total. The molecule has 0 N–H and O–H groups in total. The molecule has 0 bridgehead atoms. The molecule has 0 fully saturated rings. The first kappa shape index (κ1) is 15.7. The second kappa shape index (κ2) is 7.88. The number of rotatable bonds is 4. The number of methoxy groups -OCH3 is 2. The summed E-state index contributed by atoms with van der Waals surface area (Å²) in [5, 5.41) is 0. The van der Waals surface area contributed by atoms with Gasteiger partial charge in [0, 0.05) is 0 Å². The second-order valence-corrected chi connectivity index (χ2v) is 3.07. The van der Waals surface area contributed by atoms with Gasteiger partial charge in [-0.1, -0.05) is 0 Å². The minimum Gasteiger partial charge on any atom is -0.466 e. The van der Waals surface area contributed by atoms with Crippen LogP contribution in [0.3, 0.4) is 0 Å². The third kappa shape index (κ3) is 5.69. The molecule has 0 aliphatic heterocycles. The fraction of sp³-hybridized carbons (Fsp3) is 0.364. The molecule has 0 aromatic heterocycles. The summed E-state index contributed by atoms with van der Waals surface area (Å²) >= 11 is 0. The van der Waals surface area contributed by atoms with Crippen LogP contribution in [0.25, 0.3) is 0 Å². The summed E-state index contributed by atoms with van der Waals surface area (Å²) in [4.78, 5) is 32.9. The number of hydrogen-bond acceptors (Lipinski definition) is 7. The van der Waals surface area contributed by atoms with Crippen molar-refractivity contribution in [3.63, 3.8) is 0 Å². The molecular weight excluding hydrogens is 244 g/mol. The molecule has 0 aliphatic carbocycles. The van der Waals surface area contributed by atoms with Gasteiger partial charge in [-0.2, -0.15) is 0 Å². The Morgan fingerprint density at radius 3 is 1.39 bits per heavy atom. The second-order valence-electron chi connectivity index (χ2n) is 3.07. The van der Waals surface area contributed by atoms with Crippen molar-refractivity contribution < 1.29 is 33.3 Å². The summed E-state index contributed by atoms with van der Waals surface area (Å²) in [6.07, 6.45) is 0.673. The predicted octanol–water partition coefficient (Wildman–Crippen LogP) is 1.29. The number of carbonyl (C=O) groups excluding carboxylic acids is 3. The molecule has 0 aromatic carbocycles. The van der Waals surface area contributed by atoms with Crippen LogP contribution in [0.1, 0.15) is 13.8 Å². The van der Waals surface area contributed by atoms with Gasteiger partial charge >= 0.3 is 18.1 Å². The fourth-order valence-corrected chi connectivity index (χ4v) is 0.719. The molecule has 0 heterocycles. The lowest BCUT2D eigenvalue weighted by atomic mass is 10.3. The van der Waals surface area contributed by atoms with Crippen molar-refractivity contribution >= 4 is 18.1 Å². The number of carbonyl (C=O) groups is 3. The lowest BCUT2D eigenvalue weighted by Gasteiger charge is -2.01. The highest BCUT2D eigenvalue weighted by Gasteiger charge is 2.08. The Labute approximate surface area is 104 Å². The Hall–Kier alpha value is -2.31. The van der Waals surface area contributed by atoms with Gasteiger partial charge in [0.15, 0.2) is 0 Å². The molecule has 0 radical (unpaired) electrons. The number of hydrogen-bond donors (Lipinski definition) is 0. The molecule has 0 saturated heterocycles. The Morgan fingerprint density at radius 1 is 0.778 bits per heavy atom. The largest absolute Gasteiger partial charge is 0.518 e. The molecule has 0 atom stereocenters. The van der Waals surface area contributed by atoms with E-state index >= 15 is 0 Å². The van der Waals surface area contributed by atoms with Crippen LogP contribution < -0.4 is 0 Å². The average molecular weight is 258 g/mol. The van der Waals surface area contributed by atoms with Gasteiger partial charge in [-0.25, -0.2) is 14.4 Å². The van der Waals surface area contributed by atoms with Gasteiger partial charge in [0.25, 0.3) is 0 Å². The smallest absolute Gasteiger partial charge is 0.466 e. The van der Waals surface area contributed by atoms with Gasteiger partial charge in [-0.3, -0.25) is 0 Å². The summed E-state index contributed by atoms with van der Waals surface area (Å²) in [5.41, 5.74) is 0.172. The van der Waals surface area contributed by atoms with E-state index in [1.807, 2.05) is 0 Å². The van der Waals surface area contributed by atoms with Crippen LogP contribution in [0.5, 0.6) is 0 Å². The van der Waals surface area contributed by atoms with Crippen LogP contribution in [0.2, 0.25) is 0 Å². The van der Waals surface area contributed by atoms with Crippen LogP contribution in [-0.2, 0) is 28.5 Å². The van der Waals surface area contributed by atoms with Crippen molar-refractivity contribution in [1.82, 2.24) is 0 Å². The van der Waals surface area contributed by atoms with E-state index < -0.39 is 18.1 Å². The minimum atomic E-state index is -1.10. The summed E-state index contributed by atoms with van der Waals surface area (Å²) < 4.78 is 17.7. The van der Waals surface area contributed by atoms with Crippen molar-refractivity contribution in [1.29, 1.82) is 0 Å². The Bertz CT molecular complexity index is 356. The van der Waals surface area contributed by atoms with Crippen LogP contribution in [0.4, 0.5) is 4.79 Å². The molecule has 0 aliphatic rings. The maximum absolute atomic E-state index is 11.0. The summed E-state index contributed by atoms with van der Waals surface area (Å²) in [6.45, 7) is 2.79. The lowest BCUT2D eigenvalue weighted by molar-refractivity contribution is -0.137. The molecule has 0 spiro atoms. The van der Waals surface area contributed by atoms with Gasteiger partial charge < -0.3 is 18.9 Å². The van der Waals surface area contributed by atoms with Gasteiger partial charge in [0.05, 0.1) is 25.4 Å². The molecule has 100 valence electrons. The van der Waals surface area contributed by atoms with E-state index in [2.05, 4.69) is 18.9 Å². The maximum Gasteiger partial charge on any atom is 0.518 e. The molecule has 0 rings (SSSR count). The van der Waals surface area contributed by atoms with E-state index in [4.69, 9.17) is 0 Å². The highest BCUT2D eigenvalue weighted by Crippen LogP contribution is 2.00. The van der Waals surface area contributed by atoms with Crippen molar-refractivity contribution in [2.75, 3.05) is 14.2 Å². The zero-order valence-corrected chi connectivity index (χ0v) is 10.5. The molecule has 7 heteroatoms. The fourth-order valence-electron chi connectivity index (χ4n) is 0.719. The van der Waals surface area contributed by atoms with E-state index in [0.29, 0.717) is 0 Å². The van der Waals surface area contributed by atoms with E-state index in [1.54, 1.807) is 0 Å².